The fourth-order valence-electron chi connectivity index (χ4n) is 5.21. The van der Waals surface area contributed by atoms with Crippen molar-refractivity contribution in [3.63, 3.8) is 0 Å². The van der Waals surface area contributed by atoms with Crippen molar-refractivity contribution in [3.05, 3.63) is 47.6 Å². The summed E-state index contributed by atoms with van der Waals surface area (Å²) < 4.78 is 10.0. The third-order valence-electron chi connectivity index (χ3n) is 7.23. The van der Waals surface area contributed by atoms with Gasteiger partial charge >= 0.3 is 7.12 Å². The molecule has 8 nitrogen and oxygen atoms in total. The van der Waals surface area contributed by atoms with E-state index in [9.17, 15) is 0 Å². The third-order valence-corrected chi connectivity index (χ3v) is 9.67. The van der Waals surface area contributed by atoms with E-state index in [1.807, 2.05) is 0 Å². The molecule has 0 saturated heterocycles. The minimum Gasteiger partial charge on any atom is -0.399 e. The van der Waals surface area contributed by atoms with Crippen molar-refractivity contribution < 1.29 is 26.6 Å². The Morgan fingerprint density at radius 2 is 0.750 bits per heavy atom. The molecule has 0 saturated carbocycles. The van der Waals surface area contributed by atoms with Crippen LogP contribution in [0.1, 0.15) is 174 Å². The van der Waals surface area contributed by atoms with Gasteiger partial charge < -0.3 is 13.8 Å². The molecule has 0 amide bonds. The van der Waals surface area contributed by atoms with Crippen LogP contribution in [-0.4, -0.2) is 47.1 Å². The Bertz CT molecular complexity index is 1220. The topological polar surface area (TPSA) is 82.9 Å². The Balaban J connectivity index is 0.00000125. The molecule has 44 heavy (non-hydrogen) atoms. The number of hydrogen-bond acceptors (Lipinski definition) is 5. The van der Waals surface area contributed by atoms with E-state index in [2.05, 4.69) is 150 Å². The molecule has 0 aromatic carbocycles. The van der Waals surface area contributed by atoms with Crippen molar-refractivity contribution in [1.29, 1.82) is 0 Å². The Hall–Kier alpha value is -0.452. The maximum absolute atomic E-state index is 7.90. The molecule has 3 rings (SSSR count). The van der Waals surface area contributed by atoms with E-state index >= 15 is 0 Å². The molecule has 0 spiro atoms. The molecule has 3 aromatic rings. The van der Waals surface area contributed by atoms with Gasteiger partial charge in [0.1, 0.15) is 0 Å². The smallest absolute Gasteiger partial charge is 0.326 e. The van der Waals surface area contributed by atoms with Crippen molar-refractivity contribution in [3.8, 4) is 0 Å². The quantitative estimate of drug-likeness (QED) is 0.132. The average molecular weight is 851 g/mol. The summed E-state index contributed by atoms with van der Waals surface area (Å²) in [5.74, 6) is 1.65. The molecule has 1 N–H and O–H groups in total. The molecule has 0 aliphatic carbocycles. The Morgan fingerprint density at radius 1 is 0.545 bits per heavy atom. The van der Waals surface area contributed by atoms with E-state index < -0.39 is 12.7 Å². The molecule has 0 unspecified atom stereocenters. The van der Waals surface area contributed by atoms with E-state index in [-0.39, 0.29) is 52.0 Å². The predicted molar refractivity (Wildman–Crippen MR) is 191 cm³/mol. The second-order valence-electron chi connectivity index (χ2n) is 14.3. The Morgan fingerprint density at radius 3 is 0.886 bits per heavy atom. The summed E-state index contributed by atoms with van der Waals surface area (Å²) in [5.41, 5.74) is 6.37. The fourth-order valence-corrected chi connectivity index (χ4v) is 8.80. The maximum Gasteiger partial charge on any atom is 0.326 e. The van der Waals surface area contributed by atoms with E-state index in [4.69, 9.17) is 20.6 Å². The zero-order valence-electron chi connectivity index (χ0n) is 29.2. The normalized spacial score (nSPS) is 12.4. The molecule has 0 aliphatic rings. The van der Waals surface area contributed by atoms with Crippen LogP contribution in [0.15, 0.2) is 13.4 Å². The zero-order valence-corrected chi connectivity index (χ0v) is 34.9. The van der Waals surface area contributed by atoms with E-state index in [0.717, 1.165) is 30.5 Å². The maximum atomic E-state index is 7.90. The first-order valence-electron chi connectivity index (χ1n) is 15.5. The van der Waals surface area contributed by atoms with E-state index in [1.54, 1.807) is 20.8 Å². The van der Waals surface area contributed by atoms with Crippen LogP contribution in [0.5, 0.6) is 0 Å². The molecule has 13 heteroatoms. The van der Waals surface area contributed by atoms with Gasteiger partial charge in [0.05, 0.1) is 36.1 Å². The molecular weight excluding hydrogens is 798 g/mol. The summed E-state index contributed by atoms with van der Waals surface area (Å²) >= 11 is 11.8. The molecule has 3 heterocycles. The fraction of sp³-hybridized carbons (Fsp3) is 0.710. The molecule has 254 valence electrons. The van der Waals surface area contributed by atoms with Crippen LogP contribution in [-0.2, 0) is 21.4 Å². The molecule has 0 radical (unpaired) electrons. The molecule has 0 atom stereocenters. The molecule has 3 aromatic heterocycles. The van der Waals surface area contributed by atoms with Gasteiger partial charge in [-0.2, -0.15) is 0 Å². The SMILES string of the molecule is CC(C)(C)OO.CC(C)c1nn([BH-](n2nc(C(C)C)c(Br)c2C(C)C)n2nc(C(C)C)c(Br)c2C(C)C)c(C(C)C)c1Br.[Ni]. The monoisotopic (exact) mass is 847 g/mol. The van der Waals surface area contributed by atoms with Crippen molar-refractivity contribution in [2.75, 3.05) is 0 Å². The van der Waals surface area contributed by atoms with Gasteiger partial charge in [0.2, 0.25) is 0 Å². The van der Waals surface area contributed by atoms with Crippen LogP contribution in [0.2, 0.25) is 0 Å². The zero-order chi connectivity index (χ0) is 33.3. The Kier molecular flexibility index (Phi) is 15.7. The van der Waals surface area contributed by atoms with Crippen LogP contribution < -0.4 is 0 Å². The van der Waals surface area contributed by atoms with Crippen LogP contribution in [0.4, 0.5) is 0 Å². The van der Waals surface area contributed by atoms with Crippen molar-refractivity contribution in [1.82, 2.24) is 29.1 Å². The van der Waals surface area contributed by atoms with Crippen LogP contribution in [0.3, 0.4) is 0 Å². The summed E-state index contributed by atoms with van der Waals surface area (Å²) in [7, 11) is -1.61. The van der Waals surface area contributed by atoms with Crippen LogP contribution in [0.25, 0.3) is 0 Å². The summed E-state index contributed by atoms with van der Waals surface area (Å²) in [5, 5.41) is 23.8. The number of hydrogen-bond donors (Lipinski definition) is 1. The summed E-state index contributed by atoms with van der Waals surface area (Å²) in [6.07, 6.45) is 0. The second kappa shape index (κ2) is 16.6. The first-order valence-corrected chi connectivity index (χ1v) is 17.9. The minimum absolute atomic E-state index is 0. The first-order chi connectivity index (χ1) is 19.7. The van der Waals surface area contributed by atoms with Gasteiger partial charge in [-0.1, -0.05) is 83.1 Å². The van der Waals surface area contributed by atoms with E-state index in [0.29, 0.717) is 0 Å². The van der Waals surface area contributed by atoms with Gasteiger partial charge in [0.15, 0.2) is 0 Å². The predicted octanol–water partition coefficient (Wildman–Crippen LogP) is 10.2. The standard InChI is InChI=1S/C27H43BBr3N6.C4H10O2.Ni/c1-13(2)22-19(29)25(16(7)8)35(32-22)28(36-26(17(9)10)20(30)23(33-36)14(3)4)37-27(18(11)12)21(31)24(34-37)15(5)6;1-4(2,3)6-5;/h13-18,28H,1-12H3;5H,1-3H3;/q-1;;. The average Bonchev–Trinajstić information content (AvgIpc) is 3.50. The number of aromatic nitrogens is 6. The Labute approximate surface area is 301 Å². The van der Waals surface area contributed by atoms with Crippen molar-refractivity contribution >= 4 is 54.9 Å². The van der Waals surface area contributed by atoms with Gasteiger partial charge in [-0.05, 0) is 104 Å². The molecular formula is C31H53BBr3N6NiO2-. The van der Waals surface area contributed by atoms with E-state index in [1.165, 1.54) is 17.1 Å². The van der Waals surface area contributed by atoms with Gasteiger partial charge in [0.25, 0.3) is 0 Å². The van der Waals surface area contributed by atoms with Gasteiger partial charge in [-0.15, -0.1) is 0 Å². The number of nitrogens with zero attached hydrogens (tertiary/aromatic N) is 6. The number of rotatable bonds is 9. The van der Waals surface area contributed by atoms with Crippen molar-refractivity contribution in [2.24, 2.45) is 0 Å². The van der Waals surface area contributed by atoms with Crippen LogP contribution >= 0.6 is 47.8 Å². The van der Waals surface area contributed by atoms with Crippen molar-refractivity contribution in [2.45, 2.75) is 145 Å². The first kappa shape index (κ1) is 41.6. The summed E-state index contributed by atoms with van der Waals surface area (Å²) in [4.78, 5) is 3.94. The molecule has 0 bridgehead atoms. The second-order valence-corrected chi connectivity index (χ2v) is 16.7. The number of halogens is 3. The van der Waals surface area contributed by atoms with Gasteiger partial charge in [-0.25, -0.2) is 20.2 Å². The largest absolute Gasteiger partial charge is 0.399 e. The minimum atomic E-state index is -1.61. The van der Waals surface area contributed by atoms with Gasteiger partial charge in [-0.3, -0.25) is 5.26 Å². The summed E-state index contributed by atoms with van der Waals surface area (Å²) in [6.45, 7) is 32.0. The molecule has 0 fully saturated rings. The summed E-state index contributed by atoms with van der Waals surface area (Å²) in [6, 6.07) is 0. The van der Waals surface area contributed by atoms with Crippen LogP contribution in [0, 0.1) is 0 Å². The third kappa shape index (κ3) is 9.12. The molecule has 0 aliphatic heterocycles. The van der Waals surface area contributed by atoms with Gasteiger partial charge in [0, 0.05) is 33.6 Å².